The van der Waals surface area contributed by atoms with Crippen LogP contribution in [0.25, 0.3) is 55.1 Å². The van der Waals surface area contributed by atoms with Gasteiger partial charge in [-0.1, -0.05) is 109 Å². The second kappa shape index (κ2) is 9.34. The number of fused-ring (bicyclic) bond motifs is 2. The number of aromatic nitrogens is 1. The van der Waals surface area contributed by atoms with Crippen LogP contribution in [0.1, 0.15) is 11.1 Å². The lowest BCUT2D eigenvalue weighted by Crippen LogP contribution is -1.95. The summed E-state index contributed by atoms with van der Waals surface area (Å²) < 4.78 is 2.41. The summed E-state index contributed by atoms with van der Waals surface area (Å²) in [7, 11) is 0. The molecule has 0 unspecified atom stereocenters. The van der Waals surface area contributed by atoms with Crippen molar-refractivity contribution in [1.29, 1.82) is 0 Å². The number of benzene rings is 5. The number of para-hydroxylation sites is 1. The monoisotopic (exact) mass is 500 g/mol. The Bertz CT molecular complexity index is 2040. The predicted molar refractivity (Wildman–Crippen MR) is 169 cm³/mol. The number of nitrogens with zero attached hydrogens (tertiary/aromatic N) is 1. The van der Waals surface area contributed by atoms with Gasteiger partial charge in [-0.05, 0) is 59.5 Å². The summed E-state index contributed by atoms with van der Waals surface area (Å²) in [6.45, 7) is 6.12. The molecule has 186 valence electrons. The molecule has 2 heteroatoms. The molecule has 1 aromatic heterocycles. The Labute approximate surface area is 228 Å². The van der Waals surface area contributed by atoms with Crippen LogP contribution in [-0.4, -0.2) is 4.57 Å². The molecule has 0 radical (unpaired) electrons. The van der Waals surface area contributed by atoms with Gasteiger partial charge in [0.25, 0.3) is 0 Å². The highest BCUT2D eigenvalue weighted by molar-refractivity contribution is 6.30. The van der Waals surface area contributed by atoms with Crippen molar-refractivity contribution in [2.45, 2.75) is 6.92 Å². The number of aryl methyl sites for hydroxylation is 1. The van der Waals surface area contributed by atoms with Gasteiger partial charge in [0, 0.05) is 33.1 Å². The maximum atomic E-state index is 3.98. The van der Waals surface area contributed by atoms with Crippen LogP contribution in [0, 0.1) is 6.92 Å². The van der Waals surface area contributed by atoms with E-state index in [1.165, 1.54) is 48.9 Å². The molecule has 7 aromatic rings. The van der Waals surface area contributed by atoms with Crippen LogP contribution in [0.4, 0.5) is 11.4 Å². The first-order chi connectivity index (χ1) is 19.2. The molecule has 1 heterocycles. The summed E-state index contributed by atoms with van der Waals surface area (Å²) in [6.07, 6.45) is 6.07. The summed E-state index contributed by atoms with van der Waals surface area (Å²) in [5.74, 6) is 0. The number of nitrogens with one attached hydrogen (secondary N) is 1. The Balaban J connectivity index is 1.75. The zero-order valence-corrected chi connectivity index (χ0v) is 21.9. The van der Waals surface area contributed by atoms with Crippen LogP contribution in [0.2, 0.25) is 0 Å². The van der Waals surface area contributed by atoms with Crippen LogP contribution in [0.5, 0.6) is 0 Å². The summed E-state index contributed by atoms with van der Waals surface area (Å²) in [6, 6.07) is 41.3. The zero-order valence-electron chi connectivity index (χ0n) is 21.9. The van der Waals surface area contributed by atoms with E-state index < -0.39 is 0 Å². The van der Waals surface area contributed by atoms with E-state index in [0.29, 0.717) is 0 Å². The van der Waals surface area contributed by atoms with E-state index in [1.807, 2.05) is 18.2 Å². The van der Waals surface area contributed by atoms with Crippen molar-refractivity contribution < 1.29 is 0 Å². The highest BCUT2D eigenvalue weighted by atomic mass is 15.0. The normalized spacial score (nSPS) is 11.7. The van der Waals surface area contributed by atoms with Gasteiger partial charge in [0.15, 0.2) is 0 Å². The van der Waals surface area contributed by atoms with E-state index in [2.05, 4.69) is 139 Å². The van der Waals surface area contributed by atoms with Crippen molar-refractivity contribution in [2.24, 2.45) is 0 Å². The molecule has 0 amide bonds. The van der Waals surface area contributed by atoms with Gasteiger partial charge in [-0.2, -0.15) is 0 Å². The molecule has 1 N–H and O–H groups in total. The lowest BCUT2D eigenvalue weighted by atomic mass is 9.94. The number of hydrogen-bond donors (Lipinski definition) is 1. The van der Waals surface area contributed by atoms with Crippen LogP contribution >= 0.6 is 0 Å². The lowest BCUT2D eigenvalue weighted by molar-refractivity contribution is 1.18. The highest BCUT2D eigenvalue weighted by Crippen LogP contribution is 2.44. The number of allylic oxidation sites excluding steroid dienone is 2. The third-order valence-corrected chi connectivity index (χ3v) is 7.60. The summed E-state index contributed by atoms with van der Waals surface area (Å²) in [5, 5.41) is 11.2. The summed E-state index contributed by atoms with van der Waals surface area (Å²) >= 11 is 0. The smallest absolute Gasteiger partial charge is 0.0547 e. The molecule has 6 aromatic carbocycles. The van der Waals surface area contributed by atoms with E-state index in [-0.39, 0.29) is 0 Å². The van der Waals surface area contributed by atoms with E-state index in [0.717, 1.165) is 22.6 Å². The van der Waals surface area contributed by atoms with Crippen molar-refractivity contribution in [1.82, 2.24) is 4.57 Å². The Morgan fingerprint density at radius 2 is 1.23 bits per heavy atom. The van der Waals surface area contributed by atoms with Gasteiger partial charge in [0.05, 0.1) is 16.7 Å². The Morgan fingerprint density at radius 1 is 0.615 bits per heavy atom. The molecule has 0 spiro atoms. The Kier molecular flexibility index (Phi) is 5.53. The minimum atomic E-state index is 1.05. The van der Waals surface area contributed by atoms with Gasteiger partial charge < -0.3 is 9.88 Å². The molecule has 0 aliphatic heterocycles. The van der Waals surface area contributed by atoms with Crippen molar-refractivity contribution in [3.05, 3.63) is 145 Å². The maximum absolute atomic E-state index is 3.98. The zero-order chi connectivity index (χ0) is 26.3. The molecule has 0 atom stereocenters. The first-order valence-electron chi connectivity index (χ1n) is 13.3. The number of hydrogen-bond acceptors (Lipinski definition) is 1. The molecule has 0 aliphatic carbocycles. The molecule has 0 bridgehead atoms. The van der Waals surface area contributed by atoms with E-state index in [4.69, 9.17) is 0 Å². The molecule has 0 aliphatic rings. The first kappa shape index (κ1) is 23.1. The standard InChI is InChI=1S/C37H28N2/c1-3-4-14-32-30-18-11-20-34-36(30)35-29(17-10-19-33(35)39(34)27-23-21-25(2)22-24-27)28-15-8-9-16-31(28)37(32)38-26-12-6-5-7-13-26/h3-24,38H,1H2,2H3/b14-4-,29-28?,32-30?,37-31?,37-32?. The third kappa shape index (κ3) is 3.72. The highest BCUT2D eigenvalue weighted by Gasteiger charge is 2.19. The van der Waals surface area contributed by atoms with Gasteiger partial charge in [0.2, 0.25) is 0 Å². The lowest BCUT2D eigenvalue weighted by Gasteiger charge is -2.15. The summed E-state index contributed by atoms with van der Waals surface area (Å²) in [5.41, 5.74) is 8.08. The van der Waals surface area contributed by atoms with Gasteiger partial charge in [-0.3, -0.25) is 0 Å². The molecule has 0 fully saturated rings. The van der Waals surface area contributed by atoms with Crippen molar-refractivity contribution in [3.63, 3.8) is 0 Å². The molecule has 0 saturated heterocycles. The Hall–Kier alpha value is -5.08. The molecular formula is C37H28N2. The Morgan fingerprint density at radius 3 is 1.95 bits per heavy atom. The van der Waals surface area contributed by atoms with Crippen LogP contribution < -0.4 is 5.32 Å². The van der Waals surface area contributed by atoms with Gasteiger partial charge in [-0.15, -0.1) is 0 Å². The van der Waals surface area contributed by atoms with Gasteiger partial charge in [0.1, 0.15) is 0 Å². The van der Waals surface area contributed by atoms with Crippen LogP contribution in [-0.2, 0) is 0 Å². The van der Waals surface area contributed by atoms with Crippen molar-refractivity contribution in [3.8, 4) is 5.69 Å². The average molecular weight is 501 g/mol. The quantitative estimate of drug-likeness (QED) is 0.233. The third-order valence-electron chi connectivity index (χ3n) is 7.60. The fourth-order valence-electron chi connectivity index (χ4n) is 5.88. The fourth-order valence-corrected chi connectivity index (χ4v) is 5.88. The minimum absolute atomic E-state index is 1.05. The topological polar surface area (TPSA) is 17.0 Å². The van der Waals surface area contributed by atoms with Crippen LogP contribution in [0.15, 0.2) is 134 Å². The summed E-state index contributed by atoms with van der Waals surface area (Å²) in [4.78, 5) is 0. The van der Waals surface area contributed by atoms with Crippen molar-refractivity contribution >= 4 is 60.8 Å². The van der Waals surface area contributed by atoms with Gasteiger partial charge in [-0.25, -0.2) is 0 Å². The van der Waals surface area contributed by atoms with E-state index in [1.54, 1.807) is 0 Å². The van der Waals surface area contributed by atoms with Gasteiger partial charge >= 0.3 is 0 Å². The molecule has 39 heavy (non-hydrogen) atoms. The second-order valence-corrected chi connectivity index (χ2v) is 9.99. The molecule has 2 nitrogen and oxygen atoms in total. The molecule has 7 rings (SSSR count). The predicted octanol–water partition coefficient (Wildman–Crippen LogP) is 10.3. The van der Waals surface area contributed by atoms with E-state index >= 15 is 0 Å². The van der Waals surface area contributed by atoms with Crippen LogP contribution in [0.3, 0.4) is 0 Å². The fraction of sp³-hybridized carbons (Fsp3) is 0.0270. The molecule has 0 saturated carbocycles. The molecular weight excluding hydrogens is 472 g/mol. The largest absolute Gasteiger partial charge is 0.355 e. The maximum Gasteiger partial charge on any atom is 0.0547 e. The minimum Gasteiger partial charge on any atom is -0.355 e. The second-order valence-electron chi connectivity index (χ2n) is 9.99. The first-order valence-corrected chi connectivity index (χ1v) is 13.3. The SMILES string of the molecule is C=C/C=C\c1c(Nc2ccccc2)c2ccccc2c2cccc3c2c2c1cccc2n3-c1ccc(C)cc1. The number of rotatable bonds is 5. The van der Waals surface area contributed by atoms with E-state index in [9.17, 15) is 0 Å². The number of anilines is 2. The average Bonchev–Trinajstić information content (AvgIpc) is 3.32. The van der Waals surface area contributed by atoms with Crippen molar-refractivity contribution in [2.75, 3.05) is 5.32 Å².